The molecule has 1 aromatic carbocycles. The molecule has 2 saturated heterocycles. The molecular formula is C20H25FN2O2. The topological polar surface area (TPSA) is 40.6 Å². The van der Waals surface area contributed by atoms with Crippen molar-refractivity contribution in [2.75, 3.05) is 19.6 Å². The van der Waals surface area contributed by atoms with E-state index < -0.39 is 0 Å². The van der Waals surface area contributed by atoms with Crippen LogP contribution in [-0.4, -0.2) is 47.3 Å². The van der Waals surface area contributed by atoms with Crippen molar-refractivity contribution >= 4 is 11.8 Å². The average molecular weight is 344 g/mol. The maximum absolute atomic E-state index is 13.3. The first kappa shape index (κ1) is 16.6. The molecule has 0 radical (unpaired) electrons. The minimum atomic E-state index is -0.307. The molecular weight excluding hydrogens is 319 g/mol. The molecule has 3 fully saturated rings. The third-order valence-electron chi connectivity index (χ3n) is 6.21. The van der Waals surface area contributed by atoms with Crippen LogP contribution in [0.2, 0.25) is 0 Å². The molecule has 1 spiro atoms. The average Bonchev–Trinajstić information content (AvgIpc) is 3.42. The fourth-order valence-corrected chi connectivity index (χ4v) is 4.39. The van der Waals surface area contributed by atoms with Crippen molar-refractivity contribution in [3.8, 4) is 0 Å². The standard InChI is InChI=1S/C20H25FN2O2/c1-14-12-15(21)2-5-17(14)19(25)22-10-8-20(9-11-22)7-6-18(24)23(13-20)16-3-4-16/h2,5,12,16H,3-4,6-11,13H2,1H3. The lowest BCUT2D eigenvalue weighted by Gasteiger charge is -2.47. The van der Waals surface area contributed by atoms with Gasteiger partial charge in [-0.25, -0.2) is 4.39 Å². The van der Waals surface area contributed by atoms with Crippen LogP contribution in [0.3, 0.4) is 0 Å². The van der Waals surface area contributed by atoms with E-state index in [9.17, 15) is 14.0 Å². The monoisotopic (exact) mass is 344 g/mol. The Kier molecular flexibility index (Phi) is 4.05. The van der Waals surface area contributed by atoms with Crippen LogP contribution in [0.25, 0.3) is 0 Å². The molecule has 2 heterocycles. The molecule has 2 aliphatic heterocycles. The van der Waals surface area contributed by atoms with Crippen LogP contribution >= 0.6 is 0 Å². The molecule has 4 rings (SSSR count). The highest BCUT2D eigenvalue weighted by Crippen LogP contribution is 2.43. The summed E-state index contributed by atoms with van der Waals surface area (Å²) in [5.74, 6) is 0.00513. The molecule has 0 atom stereocenters. The van der Waals surface area contributed by atoms with Crippen molar-refractivity contribution < 1.29 is 14.0 Å². The maximum atomic E-state index is 13.3. The number of aryl methyl sites for hydroxylation is 1. The fourth-order valence-electron chi connectivity index (χ4n) is 4.39. The molecule has 4 nitrogen and oxygen atoms in total. The summed E-state index contributed by atoms with van der Waals surface area (Å²) in [7, 11) is 0. The summed E-state index contributed by atoms with van der Waals surface area (Å²) in [6, 6.07) is 4.84. The molecule has 5 heteroatoms. The number of carbonyl (C=O) groups is 2. The number of nitrogens with zero attached hydrogens (tertiary/aromatic N) is 2. The molecule has 2 amide bonds. The highest BCUT2D eigenvalue weighted by molar-refractivity contribution is 5.95. The normalized spacial score (nSPS) is 23.2. The fraction of sp³-hybridized carbons (Fsp3) is 0.600. The molecule has 1 aliphatic carbocycles. The first-order valence-electron chi connectivity index (χ1n) is 9.32. The van der Waals surface area contributed by atoms with Gasteiger partial charge < -0.3 is 9.80 Å². The lowest BCUT2D eigenvalue weighted by molar-refractivity contribution is -0.139. The van der Waals surface area contributed by atoms with Crippen molar-refractivity contribution in [1.82, 2.24) is 9.80 Å². The summed E-state index contributed by atoms with van der Waals surface area (Å²) < 4.78 is 13.3. The van der Waals surface area contributed by atoms with Gasteiger partial charge in [-0.05, 0) is 68.2 Å². The Morgan fingerprint density at radius 1 is 1.20 bits per heavy atom. The van der Waals surface area contributed by atoms with E-state index in [1.54, 1.807) is 13.0 Å². The zero-order valence-electron chi connectivity index (χ0n) is 14.8. The summed E-state index contributed by atoms with van der Waals surface area (Å²) in [6.07, 6.45) is 5.81. The van der Waals surface area contributed by atoms with Gasteiger partial charge in [0, 0.05) is 37.7 Å². The molecule has 0 unspecified atom stereocenters. The molecule has 3 aliphatic rings. The Hall–Kier alpha value is -1.91. The SMILES string of the molecule is Cc1cc(F)ccc1C(=O)N1CCC2(CCC(=O)N(C3CC3)C2)CC1. The lowest BCUT2D eigenvalue weighted by Crippen LogP contribution is -2.53. The van der Waals surface area contributed by atoms with E-state index >= 15 is 0 Å². The number of benzene rings is 1. The zero-order chi connectivity index (χ0) is 17.6. The van der Waals surface area contributed by atoms with E-state index in [0.29, 0.717) is 29.5 Å². The zero-order valence-corrected chi connectivity index (χ0v) is 14.8. The number of hydrogen-bond donors (Lipinski definition) is 0. The summed E-state index contributed by atoms with van der Waals surface area (Å²) in [6.45, 7) is 4.10. The summed E-state index contributed by atoms with van der Waals surface area (Å²) >= 11 is 0. The van der Waals surface area contributed by atoms with Crippen LogP contribution in [0.15, 0.2) is 18.2 Å². The first-order chi connectivity index (χ1) is 12.0. The predicted molar refractivity (Wildman–Crippen MR) is 92.7 cm³/mol. The third-order valence-corrected chi connectivity index (χ3v) is 6.21. The van der Waals surface area contributed by atoms with E-state index in [-0.39, 0.29) is 17.1 Å². The van der Waals surface area contributed by atoms with Crippen LogP contribution < -0.4 is 0 Å². The Morgan fingerprint density at radius 2 is 1.92 bits per heavy atom. The smallest absolute Gasteiger partial charge is 0.254 e. The van der Waals surface area contributed by atoms with Gasteiger partial charge in [0.25, 0.3) is 5.91 Å². The van der Waals surface area contributed by atoms with Gasteiger partial charge >= 0.3 is 0 Å². The van der Waals surface area contributed by atoms with E-state index in [2.05, 4.69) is 4.90 Å². The number of carbonyl (C=O) groups excluding carboxylic acids is 2. The van der Waals surface area contributed by atoms with Gasteiger partial charge in [-0.2, -0.15) is 0 Å². The number of rotatable bonds is 2. The Morgan fingerprint density at radius 3 is 2.56 bits per heavy atom. The van der Waals surface area contributed by atoms with Gasteiger partial charge in [-0.3, -0.25) is 9.59 Å². The number of likely N-dealkylation sites (tertiary alicyclic amines) is 2. The Balaban J connectivity index is 1.42. The lowest BCUT2D eigenvalue weighted by atomic mass is 9.72. The van der Waals surface area contributed by atoms with E-state index in [4.69, 9.17) is 0 Å². The van der Waals surface area contributed by atoms with Gasteiger partial charge in [0.2, 0.25) is 5.91 Å². The van der Waals surface area contributed by atoms with Gasteiger partial charge in [0.15, 0.2) is 0 Å². The second-order valence-electron chi connectivity index (χ2n) is 8.00. The Bertz CT molecular complexity index is 706. The van der Waals surface area contributed by atoms with Crippen LogP contribution in [0.1, 0.15) is 54.4 Å². The second-order valence-corrected chi connectivity index (χ2v) is 8.00. The Labute approximate surface area is 148 Å². The van der Waals surface area contributed by atoms with Crippen LogP contribution in [0.5, 0.6) is 0 Å². The van der Waals surface area contributed by atoms with Crippen LogP contribution in [0.4, 0.5) is 4.39 Å². The van der Waals surface area contributed by atoms with Crippen molar-refractivity contribution in [3.05, 3.63) is 35.1 Å². The summed E-state index contributed by atoms with van der Waals surface area (Å²) in [5, 5.41) is 0. The summed E-state index contributed by atoms with van der Waals surface area (Å²) in [4.78, 5) is 28.9. The van der Waals surface area contributed by atoms with Crippen LogP contribution in [0, 0.1) is 18.2 Å². The maximum Gasteiger partial charge on any atom is 0.254 e. The molecule has 1 aromatic rings. The predicted octanol–water partition coefficient (Wildman–Crippen LogP) is 3.14. The van der Waals surface area contributed by atoms with Gasteiger partial charge in [-0.1, -0.05) is 0 Å². The molecule has 1 saturated carbocycles. The van der Waals surface area contributed by atoms with Gasteiger partial charge in [0.05, 0.1) is 0 Å². The number of hydrogen-bond acceptors (Lipinski definition) is 2. The van der Waals surface area contributed by atoms with Crippen LogP contribution in [-0.2, 0) is 4.79 Å². The molecule has 0 N–H and O–H groups in total. The quantitative estimate of drug-likeness (QED) is 0.827. The molecule has 25 heavy (non-hydrogen) atoms. The third kappa shape index (κ3) is 3.16. The minimum Gasteiger partial charge on any atom is -0.339 e. The molecule has 0 bridgehead atoms. The van der Waals surface area contributed by atoms with Crippen molar-refractivity contribution in [2.45, 2.75) is 51.5 Å². The number of amides is 2. The van der Waals surface area contributed by atoms with Crippen molar-refractivity contribution in [3.63, 3.8) is 0 Å². The van der Waals surface area contributed by atoms with Crippen molar-refractivity contribution in [1.29, 1.82) is 0 Å². The highest BCUT2D eigenvalue weighted by Gasteiger charge is 2.45. The van der Waals surface area contributed by atoms with E-state index in [1.165, 1.54) is 12.1 Å². The summed E-state index contributed by atoms with van der Waals surface area (Å²) in [5.41, 5.74) is 1.47. The van der Waals surface area contributed by atoms with E-state index in [0.717, 1.165) is 51.7 Å². The van der Waals surface area contributed by atoms with Gasteiger partial charge in [0.1, 0.15) is 5.82 Å². The number of piperidine rings is 2. The highest BCUT2D eigenvalue weighted by atomic mass is 19.1. The molecule has 0 aromatic heterocycles. The van der Waals surface area contributed by atoms with Crippen molar-refractivity contribution in [2.24, 2.45) is 5.41 Å². The number of halogens is 1. The minimum absolute atomic E-state index is 0.00159. The largest absolute Gasteiger partial charge is 0.339 e. The first-order valence-corrected chi connectivity index (χ1v) is 9.32. The van der Waals surface area contributed by atoms with E-state index in [1.807, 2.05) is 4.90 Å². The van der Waals surface area contributed by atoms with Gasteiger partial charge in [-0.15, -0.1) is 0 Å². The molecule has 134 valence electrons. The second kappa shape index (κ2) is 6.11.